The van der Waals surface area contributed by atoms with Crippen molar-refractivity contribution in [2.45, 2.75) is 6.54 Å². The minimum absolute atomic E-state index is 0.117. The summed E-state index contributed by atoms with van der Waals surface area (Å²) in [4.78, 5) is 27.1. The van der Waals surface area contributed by atoms with Gasteiger partial charge in [-0.3, -0.25) is 4.79 Å². The third kappa shape index (κ3) is 3.22. The number of pyridine rings is 1. The standard InChI is InChI=1S/C19H18FN3O3S/c20-13-3-1-2-12(10-13)11-23-14-4-9-27-17(14)16(15(18(23)24)19(25)26)22-7-5-21-6-8-22/h1-4,9-10,21H,5-8,11H2,(H,25,26). The topological polar surface area (TPSA) is 74.6 Å². The van der Waals surface area contributed by atoms with Gasteiger partial charge in [0.1, 0.15) is 11.4 Å². The number of hydrogen-bond acceptors (Lipinski definition) is 5. The molecule has 0 radical (unpaired) electrons. The van der Waals surface area contributed by atoms with Crippen LogP contribution >= 0.6 is 11.3 Å². The van der Waals surface area contributed by atoms with Gasteiger partial charge in [0.2, 0.25) is 0 Å². The van der Waals surface area contributed by atoms with Crippen molar-refractivity contribution in [1.82, 2.24) is 9.88 Å². The third-order valence-electron chi connectivity index (χ3n) is 4.72. The maximum absolute atomic E-state index is 13.5. The number of carboxylic acids is 1. The van der Waals surface area contributed by atoms with Gasteiger partial charge < -0.3 is 19.9 Å². The molecular formula is C19H18FN3O3S. The lowest BCUT2D eigenvalue weighted by molar-refractivity contribution is 0.0695. The number of nitrogens with one attached hydrogen (secondary N) is 1. The summed E-state index contributed by atoms with van der Waals surface area (Å²) in [6.45, 7) is 2.86. The van der Waals surface area contributed by atoms with Crippen LogP contribution in [0.15, 0.2) is 40.5 Å². The van der Waals surface area contributed by atoms with Gasteiger partial charge in [0.25, 0.3) is 5.56 Å². The van der Waals surface area contributed by atoms with E-state index < -0.39 is 17.3 Å². The summed E-state index contributed by atoms with van der Waals surface area (Å²) < 4.78 is 15.7. The third-order valence-corrected chi connectivity index (χ3v) is 5.63. The fourth-order valence-electron chi connectivity index (χ4n) is 3.51. The summed E-state index contributed by atoms with van der Waals surface area (Å²) in [5.41, 5.74) is 0.993. The van der Waals surface area contributed by atoms with Crippen molar-refractivity contribution in [1.29, 1.82) is 0 Å². The second-order valence-corrected chi connectivity index (χ2v) is 7.34. The maximum Gasteiger partial charge on any atom is 0.343 e. The summed E-state index contributed by atoms with van der Waals surface area (Å²) in [6, 6.07) is 7.81. The van der Waals surface area contributed by atoms with Crippen LogP contribution in [0, 0.1) is 5.82 Å². The number of hydrogen-bond donors (Lipinski definition) is 2. The number of fused-ring (bicyclic) bond motifs is 1. The van der Waals surface area contributed by atoms with Gasteiger partial charge in [0.05, 0.1) is 22.4 Å². The fraction of sp³-hybridized carbons (Fsp3) is 0.263. The molecule has 4 rings (SSSR count). The Morgan fingerprint density at radius 3 is 2.74 bits per heavy atom. The van der Waals surface area contributed by atoms with Gasteiger partial charge in [-0.05, 0) is 29.1 Å². The van der Waals surface area contributed by atoms with Gasteiger partial charge in [-0.15, -0.1) is 11.3 Å². The Hall–Kier alpha value is -2.71. The predicted octanol–water partition coefficient (Wildman–Crippen LogP) is 2.36. The molecule has 0 unspecified atom stereocenters. The number of carboxylic acid groups (broad SMARTS) is 1. The van der Waals surface area contributed by atoms with Crippen molar-refractivity contribution in [3.05, 3.63) is 63.0 Å². The quantitative estimate of drug-likeness (QED) is 0.719. The molecule has 0 saturated carbocycles. The summed E-state index contributed by atoms with van der Waals surface area (Å²) in [6.07, 6.45) is 0. The molecule has 0 atom stereocenters. The molecule has 0 amide bonds. The van der Waals surface area contributed by atoms with Gasteiger partial charge in [-0.1, -0.05) is 12.1 Å². The van der Waals surface area contributed by atoms with Crippen LogP contribution in [0.3, 0.4) is 0 Å². The SMILES string of the molecule is O=C(O)c1c(N2CCNCC2)c2sccc2n(Cc2cccc(F)c2)c1=O. The molecule has 1 aromatic carbocycles. The van der Waals surface area contributed by atoms with Crippen molar-refractivity contribution in [2.24, 2.45) is 0 Å². The second kappa shape index (κ2) is 7.13. The van der Waals surface area contributed by atoms with E-state index in [1.807, 2.05) is 16.3 Å². The van der Waals surface area contributed by atoms with Gasteiger partial charge in [0.15, 0.2) is 0 Å². The monoisotopic (exact) mass is 387 g/mol. The number of aromatic carboxylic acids is 1. The molecule has 1 aliphatic heterocycles. The predicted molar refractivity (Wildman–Crippen MR) is 104 cm³/mol. The number of benzene rings is 1. The second-order valence-electron chi connectivity index (χ2n) is 6.42. The van der Waals surface area contributed by atoms with E-state index >= 15 is 0 Å². The highest BCUT2D eigenvalue weighted by Crippen LogP contribution is 2.33. The number of carbonyl (C=O) groups is 1. The Labute approximate surface area is 158 Å². The Balaban J connectivity index is 1.93. The molecular weight excluding hydrogens is 369 g/mol. The molecule has 140 valence electrons. The van der Waals surface area contributed by atoms with Gasteiger partial charge in [-0.25, -0.2) is 9.18 Å². The molecule has 1 fully saturated rings. The van der Waals surface area contributed by atoms with E-state index in [1.165, 1.54) is 28.0 Å². The first-order chi connectivity index (χ1) is 13.1. The zero-order valence-electron chi connectivity index (χ0n) is 14.4. The molecule has 1 aliphatic rings. The molecule has 2 N–H and O–H groups in total. The number of halogens is 1. The van der Waals surface area contributed by atoms with Crippen LogP contribution in [0.25, 0.3) is 10.2 Å². The van der Waals surface area contributed by atoms with Gasteiger partial charge in [-0.2, -0.15) is 0 Å². The molecule has 1 saturated heterocycles. The zero-order valence-corrected chi connectivity index (χ0v) is 15.3. The number of thiophene rings is 1. The van der Waals surface area contributed by atoms with Crippen molar-refractivity contribution in [3.8, 4) is 0 Å². The molecule has 2 aromatic heterocycles. The lowest BCUT2D eigenvalue weighted by Crippen LogP contribution is -2.45. The van der Waals surface area contributed by atoms with Crippen molar-refractivity contribution in [3.63, 3.8) is 0 Å². The average molecular weight is 387 g/mol. The van der Waals surface area contributed by atoms with Crippen LogP contribution in [0.4, 0.5) is 10.1 Å². The van der Waals surface area contributed by atoms with Crippen molar-refractivity contribution >= 4 is 33.2 Å². The van der Waals surface area contributed by atoms with E-state index in [2.05, 4.69) is 5.32 Å². The Morgan fingerprint density at radius 2 is 2.04 bits per heavy atom. The lowest BCUT2D eigenvalue weighted by atomic mass is 10.1. The average Bonchev–Trinajstić information content (AvgIpc) is 3.13. The first-order valence-electron chi connectivity index (χ1n) is 8.63. The number of rotatable bonds is 4. The van der Waals surface area contributed by atoms with E-state index in [1.54, 1.807) is 12.1 Å². The first-order valence-corrected chi connectivity index (χ1v) is 9.51. The first kappa shape index (κ1) is 17.7. The molecule has 3 heterocycles. The van der Waals surface area contributed by atoms with Crippen LogP contribution in [-0.2, 0) is 6.54 Å². The number of anilines is 1. The summed E-state index contributed by atoms with van der Waals surface area (Å²) in [5.74, 6) is -1.63. The fourth-order valence-corrected chi connectivity index (χ4v) is 4.48. The summed E-state index contributed by atoms with van der Waals surface area (Å²) >= 11 is 1.42. The Kier molecular flexibility index (Phi) is 4.67. The van der Waals surface area contributed by atoms with Gasteiger partial charge >= 0.3 is 5.97 Å². The van der Waals surface area contributed by atoms with Crippen LogP contribution in [0.5, 0.6) is 0 Å². The summed E-state index contributed by atoms with van der Waals surface area (Å²) in [5, 5.41) is 14.9. The van der Waals surface area contributed by atoms with Gasteiger partial charge in [0, 0.05) is 26.2 Å². The molecule has 8 heteroatoms. The van der Waals surface area contributed by atoms with Crippen molar-refractivity contribution < 1.29 is 14.3 Å². The highest BCUT2D eigenvalue weighted by atomic mass is 32.1. The van der Waals surface area contributed by atoms with Crippen molar-refractivity contribution in [2.75, 3.05) is 31.1 Å². The minimum Gasteiger partial charge on any atom is -0.477 e. The molecule has 3 aromatic rings. The number of nitrogens with zero attached hydrogens (tertiary/aromatic N) is 2. The lowest BCUT2D eigenvalue weighted by Gasteiger charge is -2.31. The van der Waals surface area contributed by atoms with Crippen LogP contribution in [-0.4, -0.2) is 41.8 Å². The molecule has 0 spiro atoms. The Morgan fingerprint density at radius 1 is 1.26 bits per heavy atom. The highest BCUT2D eigenvalue weighted by Gasteiger charge is 2.27. The number of aromatic nitrogens is 1. The largest absolute Gasteiger partial charge is 0.477 e. The van der Waals surface area contributed by atoms with Crippen LogP contribution in [0.2, 0.25) is 0 Å². The zero-order chi connectivity index (χ0) is 19.0. The maximum atomic E-state index is 13.5. The molecule has 0 aliphatic carbocycles. The highest BCUT2D eigenvalue weighted by molar-refractivity contribution is 7.17. The normalized spacial score (nSPS) is 14.6. The van der Waals surface area contributed by atoms with E-state index in [0.29, 0.717) is 29.9 Å². The molecule has 6 nitrogen and oxygen atoms in total. The van der Waals surface area contributed by atoms with E-state index in [-0.39, 0.29) is 12.1 Å². The minimum atomic E-state index is -1.24. The van der Waals surface area contributed by atoms with E-state index in [4.69, 9.17) is 0 Å². The molecule has 27 heavy (non-hydrogen) atoms. The van der Waals surface area contributed by atoms with E-state index in [0.717, 1.165) is 17.8 Å². The Bertz CT molecular complexity index is 1070. The smallest absolute Gasteiger partial charge is 0.343 e. The van der Waals surface area contributed by atoms with E-state index in [9.17, 15) is 19.1 Å². The van der Waals surface area contributed by atoms with Crippen LogP contribution < -0.4 is 15.8 Å². The number of piperazine rings is 1. The molecule has 0 bridgehead atoms. The van der Waals surface area contributed by atoms with Crippen LogP contribution in [0.1, 0.15) is 15.9 Å². The summed E-state index contributed by atoms with van der Waals surface area (Å²) in [7, 11) is 0.